The number of carbonyl (C=O) groups is 1. The van der Waals surface area contributed by atoms with Crippen molar-refractivity contribution in [2.75, 3.05) is 0 Å². The Hall–Kier alpha value is -2.40. The van der Waals surface area contributed by atoms with E-state index in [0.717, 1.165) is 5.56 Å². The van der Waals surface area contributed by atoms with Crippen molar-refractivity contribution < 1.29 is 14.5 Å². The third kappa shape index (κ3) is 3.38. The number of benzene rings is 2. The molecule has 108 valence electrons. The van der Waals surface area contributed by atoms with E-state index in [-0.39, 0.29) is 17.3 Å². The van der Waals surface area contributed by atoms with E-state index in [4.69, 9.17) is 16.3 Å². The van der Waals surface area contributed by atoms with Gasteiger partial charge >= 0.3 is 0 Å². The fourth-order valence-electron chi connectivity index (χ4n) is 1.94. The molecule has 0 fully saturated rings. The zero-order valence-electron chi connectivity index (χ0n) is 11.2. The molecule has 0 radical (unpaired) electrons. The van der Waals surface area contributed by atoms with Gasteiger partial charge in [0.25, 0.3) is 5.69 Å². The maximum absolute atomic E-state index is 11.0. The van der Waals surface area contributed by atoms with Crippen molar-refractivity contribution >= 4 is 23.6 Å². The van der Waals surface area contributed by atoms with E-state index in [1.165, 1.54) is 6.07 Å². The fraction of sp³-hybridized carbons (Fsp3) is 0.133. The van der Waals surface area contributed by atoms with Crippen LogP contribution in [0.25, 0.3) is 0 Å². The molecule has 6 heteroatoms. The van der Waals surface area contributed by atoms with Gasteiger partial charge in [-0.2, -0.15) is 0 Å². The number of nitrogens with zero attached hydrogens (tertiary/aromatic N) is 1. The minimum absolute atomic E-state index is 0.0147. The zero-order valence-corrected chi connectivity index (χ0v) is 12.0. The molecule has 5 nitrogen and oxygen atoms in total. The molecule has 0 saturated carbocycles. The maximum Gasteiger partial charge on any atom is 0.277 e. The third-order valence-corrected chi connectivity index (χ3v) is 3.22. The molecule has 0 bridgehead atoms. The van der Waals surface area contributed by atoms with Gasteiger partial charge in [-0.05, 0) is 30.7 Å². The van der Waals surface area contributed by atoms with E-state index < -0.39 is 4.92 Å². The van der Waals surface area contributed by atoms with E-state index in [0.29, 0.717) is 23.2 Å². The van der Waals surface area contributed by atoms with E-state index >= 15 is 0 Å². The molecule has 0 aromatic heterocycles. The van der Waals surface area contributed by atoms with Crippen LogP contribution in [-0.4, -0.2) is 11.2 Å². The number of ether oxygens (including phenoxy) is 1. The van der Waals surface area contributed by atoms with Crippen LogP contribution in [0.4, 0.5) is 5.69 Å². The number of hydrogen-bond donors (Lipinski definition) is 0. The van der Waals surface area contributed by atoms with Crippen molar-refractivity contribution in [2.24, 2.45) is 0 Å². The second-order valence-corrected chi connectivity index (χ2v) is 4.87. The van der Waals surface area contributed by atoms with Gasteiger partial charge in [0.1, 0.15) is 12.4 Å². The predicted molar refractivity (Wildman–Crippen MR) is 79.0 cm³/mol. The van der Waals surface area contributed by atoms with E-state index in [9.17, 15) is 14.9 Å². The largest absolute Gasteiger partial charge is 0.488 e. The molecule has 0 atom stereocenters. The summed E-state index contributed by atoms with van der Waals surface area (Å²) in [5.74, 6) is 0.428. The Morgan fingerprint density at radius 2 is 2.10 bits per heavy atom. The summed E-state index contributed by atoms with van der Waals surface area (Å²) in [6, 6.07) is 9.56. The van der Waals surface area contributed by atoms with E-state index in [2.05, 4.69) is 0 Å². The van der Waals surface area contributed by atoms with Crippen LogP contribution >= 0.6 is 11.6 Å². The van der Waals surface area contributed by atoms with Crippen molar-refractivity contribution in [1.29, 1.82) is 0 Å². The van der Waals surface area contributed by atoms with Gasteiger partial charge in [0.2, 0.25) is 0 Å². The molecule has 2 rings (SSSR count). The smallest absolute Gasteiger partial charge is 0.277 e. The lowest BCUT2D eigenvalue weighted by atomic mass is 10.1. The Morgan fingerprint density at radius 1 is 1.33 bits per heavy atom. The summed E-state index contributed by atoms with van der Waals surface area (Å²) in [5.41, 5.74) is 1.48. The molecule has 0 aliphatic heterocycles. The molecule has 0 amide bonds. The number of hydrogen-bond acceptors (Lipinski definition) is 4. The van der Waals surface area contributed by atoms with Crippen molar-refractivity contribution in [3.8, 4) is 5.75 Å². The Morgan fingerprint density at radius 3 is 2.76 bits per heavy atom. The second kappa shape index (κ2) is 6.37. The van der Waals surface area contributed by atoms with Gasteiger partial charge in [-0.25, -0.2) is 0 Å². The number of halogens is 1. The van der Waals surface area contributed by atoms with Gasteiger partial charge in [-0.15, -0.1) is 0 Å². The van der Waals surface area contributed by atoms with Gasteiger partial charge in [0.05, 0.1) is 16.1 Å². The molecule has 0 N–H and O–H groups in total. The van der Waals surface area contributed by atoms with Crippen LogP contribution in [0.15, 0.2) is 36.4 Å². The first-order valence-corrected chi connectivity index (χ1v) is 6.51. The summed E-state index contributed by atoms with van der Waals surface area (Å²) in [5, 5.41) is 11.3. The molecule has 21 heavy (non-hydrogen) atoms. The molecule has 0 heterocycles. The predicted octanol–water partition coefficient (Wildman–Crippen LogP) is 3.95. The summed E-state index contributed by atoms with van der Waals surface area (Å²) in [6.07, 6.45) is 0.693. The summed E-state index contributed by atoms with van der Waals surface area (Å²) in [4.78, 5) is 21.5. The highest BCUT2D eigenvalue weighted by Crippen LogP contribution is 2.27. The molecular formula is C15H12ClNO4. The van der Waals surface area contributed by atoms with Crippen LogP contribution in [-0.2, 0) is 6.61 Å². The molecule has 0 aliphatic rings. The number of nitro groups is 1. The summed E-state index contributed by atoms with van der Waals surface area (Å²) in [7, 11) is 0. The summed E-state index contributed by atoms with van der Waals surface area (Å²) >= 11 is 5.76. The van der Waals surface area contributed by atoms with Crippen LogP contribution in [0.3, 0.4) is 0 Å². The van der Waals surface area contributed by atoms with E-state index in [1.54, 1.807) is 37.3 Å². The molecule has 0 unspecified atom stereocenters. The number of aryl methyl sites for hydroxylation is 1. The third-order valence-electron chi connectivity index (χ3n) is 2.99. The lowest BCUT2D eigenvalue weighted by Crippen LogP contribution is -2.03. The highest BCUT2D eigenvalue weighted by molar-refractivity contribution is 6.30. The number of nitro benzene ring substituents is 1. The second-order valence-electron chi connectivity index (χ2n) is 4.43. The summed E-state index contributed by atoms with van der Waals surface area (Å²) < 4.78 is 5.60. The SMILES string of the molecule is Cc1cccc(C=O)c1OCc1ccc(Cl)cc1[N+](=O)[O-]. The average Bonchev–Trinajstić information content (AvgIpc) is 2.46. The zero-order chi connectivity index (χ0) is 15.4. The Bertz CT molecular complexity index is 700. The summed E-state index contributed by atoms with van der Waals surface area (Å²) in [6.45, 7) is 1.79. The average molecular weight is 306 g/mol. The molecule has 0 saturated heterocycles. The Balaban J connectivity index is 2.29. The van der Waals surface area contributed by atoms with Crippen LogP contribution in [0, 0.1) is 17.0 Å². The van der Waals surface area contributed by atoms with Crippen LogP contribution in [0.1, 0.15) is 21.5 Å². The van der Waals surface area contributed by atoms with Crippen molar-refractivity contribution in [3.63, 3.8) is 0 Å². The van der Waals surface area contributed by atoms with Crippen LogP contribution < -0.4 is 4.74 Å². The lowest BCUT2D eigenvalue weighted by Gasteiger charge is -2.11. The number of para-hydroxylation sites is 1. The lowest BCUT2D eigenvalue weighted by molar-refractivity contribution is -0.385. The van der Waals surface area contributed by atoms with Crippen molar-refractivity contribution in [2.45, 2.75) is 13.5 Å². The fourth-order valence-corrected chi connectivity index (χ4v) is 2.11. The van der Waals surface area contributed by atoms with Crippen LogP contribution in [0.2, 0.25) is 5.02 Å². The monoisotopic (exact) mass is 305 g/mol. The highest BCUT2D eigenvalue weighted by atomic mass is 35.5. The molecular weight excluding hydrogens is 294 g/mol. The van der Waals surface area contributed by atoms with Crippen molar-refractivity contribution in [1.82, 2.24) is 0 Å². The standard InChI is InChI=1S/C15H12ClNO4/c1-10-3-2-4-11(8-18)15(10)21-9-12-5-6-13(16)7-14(12)17(19)20/h2-8H,9H2,1H3. The molecule has 0 aliphatic carbocycles. The number of rotatable bonds is 5. The topological polar surface area (TPSA) is 69.4 Å². The van der Waals surface area contributed by atoms with Crippen molar-refractivity contribution in [3.05, 3.63) is 68.2 Å². The van der Waals surface area contributed by atoms with Gasteiger partial charge in [-0.3, -0.25) is 14.9 Å². The van der Waals surface area contributed by atoms with Gasteiger partial charge in [-0.1, -0.05) is 23.7 Å². The highest BCUT2D eigenvalue weighted by Gasteiger charge is 2.16. The molecule has 2 aromatic carbocycles. The van der Waals surface area contributed by atoms with Gasteiger partial charge < -0.3 is 4.74 Å². The number of aldehydes is 1. The Labute approximate surface area is 126 Å². The first-order chi connectivity index (χ1) is 10.0. The van der Waals surface area contributed by atoms with E-state index in [1.807, 2.05) is 0 Å². The van der Waals surface area contributed by atoms with Gasteiger partial charge in [0, 0.05) is 11.1 Å². The Kier molecular flexibility index (Phi) is 4.55. The number of carbonyl (C=O) groups excluding carboxylic acids is 1. The molecule has 2 aromatic rings. The van der Waals surface area contributed by atoms with Gasteiger partial charge in [0.15, 0.2) is 6.29 Å². The normalized spacial score (nSPS) is 10.2. The van der Waals surface area contributed by atoms with Crippen LogP contribution in [0.5, 0.6) is 5.75 Å². The first kappa shape index (κ1) is 15.0. The maximum atomic E-state index is 11.0. The first-order valence-electron chi connectivity index (χ1n) is 6.13. The minimum Gasteiger partial charge on any atom is -0.488 e. The quantitative estimate of drug-likeness (QED) is 0.476. The molecule has 0 spiro atoms. The minimum atomic E-state index is -0.511.